The van der Waals surface area contributed by atoms with Gasteiger partial charge in [-0.3, -0.25) is 9.20 Å². The minimum absolute atomic E-state index is 0.253. The second kappa shape index (κ2) is 7.02. The van der Waals surface area contributed by atoms with Crippen LogP contribution in [-0.4, -0.2) is 38.3 Å². The standard InChI is InChI=1S/C19H19F3N6O/c1-11-6-12(17(23)29)9-27(8-11)16-4-5-24-18(26-16)14-7-25-15-3-2-13(10-28(14)15)19(20,21)22/h2-5,7,10-12H,6,8-9H2,1H3,(H2,23,29)/t11-,12+/m0/s1. The summed E-state index contributed by atoms with van der Waals surface area (Å²) in [6, 6.07) is 4.01. The largest absolute Gasteiger partial charge is 0.417 e. The van der Waals surface area contributed by atoms with Crippen molar-refractivity contribution in [2.75, 3.05) is 18.0 Å². The Morgan fingerprint density at radius 1 is 1.21 bits per heavy atom. The van der Waals surface area contributed by atoms with Gasteiger partial charge in [0.2, 0.25) is 5.91 Å². The second-order valence-electron chi connectivity index (χ2n) is 7.37. The van der Waals surface area contributed by atoms with Gasteiger partial charge in [-0.1, -0.05) is 6.92 Å². The Hall–Kier alpha value is -3.17. The number of piperidine rings is 1. The van der Waals surface area contributed by atoms with E-state index in [-0.39, 0.29) is 23.6 Å². The van der Waals surface area contributed by atoms with Crippen molar-refractivity contribution in [3.05, 3.63) is 42.4 Å². The molecule has 1 amide bonds. The van der Waals surface area contributed by atoms with Gasteiger partial charge in [0.05, 0.1) is 17.7 Å². The summed E-state index contributed by atoms with van der Waals surface area (Å²) < 4.78 is 40.6. The number of carbonyl (C=O) groups is 1. The molecule has 2 atom stereocenters. The van der Waals surface area contributed by atoms with Crippen LogP contribution >= 0.6 is 0 Å². The third-order valence-electron chi connectivity index (χ3n) is 5.09. The van der Waals surface area contributed by atoms with Crippen molar-refractivity contribution in [2.45, 2.75) is 19.5 Å². The molecule has 2 N–H and O–H groups in total. The molecule has 29 heavy (non-hydrogen) atoms. The number of alkyl halides is 3. The number of pyridine rings is 1. The van der Waals surface area contributed by atoms with Crippen molar-refractivity contribution in [3.8, 4) is 11.5 Å². The smallest absolute Gasteiger partial charge is 0.369 e. The monoisotopic (exact) mass is 404 g/mol. The number of anilines is 1. The van der Waals surface area contributed by atoms with Crippen LogP contribution in [0.25, 0.3) is 17.2 Å². The first-order valence-corrected chi connectivity index (χ1v) is 9.14. The van der Waals surface area contributed by atoms with Crippen LogP contribution in [0.4, 0.5) is 19.0 Å². The van der Waals surface area contributed by atoms with E-state index >= 15 is 0 Å². The summed E-state index contributed by atoms with van der Waals surface area (Å²) in [5, 5.41) is 0. The SMILES string of the molecule is C[C@H]1C[C@@H](C(N)=O)CN(c2ccnc(-c3cnc4ccc(C(F)(F)F)cn34)n2)C1. The number of carbonyl (C=O) groups excluding carboxylic acids is 1. The Bertz CT molecular complexity index is 1060. The van der Waals surface area contributed by atoms with Gasteiger partial charge >= 0.3 is 6.18 Å². The molecule has 3 aromatic rings. The minimum Gasteiger partial charge on any atom is -0.369 e. The lowest BCUT2D eigenvalue weighted by Gasteiger charge is -2.35. The summed E-state index contributed by atoms with van der Waals surface area (Å²) in [7, 11) is 0. The molecule has 0 aromatic carbocycles. The third-order valence-corrected chi connectivity index (χ3v) is 5.09. The van der Waals surface area contributed by atoms with Gasteiger partial charge in [-0.05, 0) is 30.5 Å². The number of rotatable bonds is 3. The number of amides is 1. The van der Waals surface area contributed by atoms with Crippen molar-refractivity contribution in [1.29, 1.82) is 0 Å². The zero-order valence-corrected chi connectivity index (χ0v) is 15.6. The summed E-state index contributed by atoms with van der Waals surface area (Å²) in [6.45, 7) is 3.18. The predicted molar refractivity (Wildman–Crippen MR) is 99.9 cm³/mol. The molecule has 7 nitrogen and oxygen atoms in total. The maximum Gasteiger partial charge on any atom is 0.417 e. The molecule has 0 radical (unpaired) electrons. The Balaban J connectivity index is 1.71. The molecule has 152 valence electrons. The number of nitrogens with two attached hydrogens (primary N) is 1. The molecular weight excluding hydrogens is 385 g/mol. The Labute approximate surface area is 164 Å². The maximum absolute atomic E-state index is 13.1. The molecule has 10 heteroatoms. The van der Waals surface area contributed by atoms with Crippen molar-refractivity contribution in [1.82, 2.24) is 19.4 Å². The minimum atomic E-state index is -4.47. The van der Waals surface area contributed by atoms with Gasteiger partial charge < -0.3 is 10.6 Å². The number of halogens is 3. The fraction of sp³-hybridized carbons (Fsp3) is 0.368. The van der Waals surface area contributed by atoms with Crippen LogP contribution in [-0.2, 0) is 11.0 Å². The Morgan fingerprint density at radius 3 is 2.72 bits per heavy atom. The van der Waals surface area contributed by atoms with E-state index in [0.717, 1.165) is 18.7 Å². The van der Waals surface area contributed by atoms with Gasteiger partial charge in [-0.25, -0.2) is 15.0 Å². The van der Waals surface area contributed by atoms with E-state index in [0.29, 0.717) is 30.2 Å². The lowest BCUT2D eigenvalue weighted by atomic mass is 9.90. The fourth-order valence-corrected chi connectivity index (χ4v) is 3.71. The summed E-state index contributed by atoms with van der Waals surface area (Å²) in [5.41, 5.74) is 5.42. The third kappa shape index (κ3) is 3.74. The fourth-order valence-electron chi connectivity index (χ4n) is 3.71. The van der Waals surface area contributed by atoms with Gasteiger partial charge in [0.15, 0.2) is 5.82 Å². The zero-order valence-electron chi connectivity index (χ0n) is 15.6. The van der Waals surface area contributed by atoms with Gasteiger partial charge in [-0.15, -0.1) is 0 Å². The molecule has 1 fully saturated rings. The molecule has 1 aliphatic rings. The normalized spacial score (nSPS) is 20.2. The van der Waals surface area contributed by atoms with Gasteiger partial charge in [-0.2, -0.15) is 13.2 Å². The van der Waals surface area contributed by atoms with Crippen LogP contribution in [0.2, 0.25) is 0 Å². The highest BCUT2D eigenvalue weighted by atomic mass is 19.4. The van der Waals surface area contributed by atoms with Crippen molar-refractivity contribution in [3.63, 3.8) is 0 Å². The van der Waals surface area contributed by atoms with Crippen LogP contribution in [0.15, 0.2) is 36.8 Å². The number of aromatic nitrogens is 4. The van der Waals surface area contributed by atoms with E-state index in [1.807, 2.05) is 11.8 Å². The van der Waals surface area contributed by atoms with Crippen LogP contribution < -0.4 is 10.6 Å². The summed E-state index contributed by atoms with van der Waals surface area (Å²) in [5.74, 6) is 0.474. The summed E-state index contributed by atoms with van der Waals surface area (Å²) in [4.78, 5) is 26.5. The number of imidazole rings is 1. The predicted octanol–water partition coefficient (Wildman–Crippen LogP) is 2.76. The Morgan fingerprint density at radius 2 is 2.00 bits per heavy atom. The first-order chi connectivity index (χ1) is 13.7. The van der Waals surface area contributed by atoms with Crippen LogP contribution in [0, 0.1) is 11.8 Å². The van der Waals surface area contributed by atoms with Crippen LogP contribution in [0.5, 0.6) is 0 Å². The van der Waals surface area contributed by atoms with Crippen molar-refractivity contribution in [2.24, 2.45) is 17.6 Å². The zero-order chi connectivity index (χ0) is 20.8. The molecule has 0 saturated carbocycles. The number of hydrogen-bond acceptors (Lipinski definition) is 5. The molecule has 3 aromatic heterocycles. The summed E-state index contributed by atoms with van der Waals surface area (Å²) >= 11 is 0. The molecule has 4 heterocycles. The van der Waals surface area contributed by atoms with Crippen LogP contribution in [0.3, 0.4) is 0 Å². The van der Waals surface area contributed by atoms with E-state index in [1.165, 1.54) is 16.7 Å². The van der Waals surface area contributed by atoms with E-state index in [1.54, 1.807) is 12.3 Å². The lowest BCUT2D eigenvalue weighted by Crippen LogP contribution is -2.44. The first kappa shape index (κ1) is 19.2. The van der Waals surface area contributed by atoms with E-state index in [2.05, 4.69) is 15.0 Å². The summed E-state index contributed by atoms with van der Waals surface area (Å²) in [6.07, 6.45) is 0.228. The molecule has 0 spiro atoms. The average Bonchev–Trinajstić information content (AvgIpc) is 3.10. The number of fused-ring (bicyclic) bond motifs is 1. The highest BCUT2D eigenvalue weighted by molar-refractivity contribution is 5.77. The van der Waals surface area contributed by atoms with Crippen LogP contribution in [0.1, 0.15) is 18.9 Å². The van der Waals surface area contributed by atoms with Gasteiger partial charge in [0.1, 0.15) is 17.2 Å². The van der Waals surface area contributed by atoms with Crippen molar-refractivity contribution < 1.29 is 18.0 Å². The molecule has 1 saturated heterocycles. The maximum atomic E-state index is 13.1. The number of hydrogen-bond donors (Lipinski definition) is 1. The van der Waals surface area contributed by atoms with Crippen molar-refractivity contribution >= 4 is 17.4 Å². The van der Waals surface area contributed by atoms with Gasteiger partial charge in [0, 0.05) is 25.5 Å². The average molecular weight is 404 g/mol. The number of nitrogens with zero attached hydrogens (tertiary/aromatic N) is 5. The van der Waals surface area contributed by atoms with E-state index < -0.39 is 11.7 Å². The molecular formula is C19H19F3N6O. The highest BCUT2D eigenvalue weighted by Gasteiger charge is 2.32. The molecule has 0 unspecified atom stereocenters. The Kier molecular flexibility index (Phi) is 4.64. The molecule has 1 aliphatic heterocycles. The van der Waals surface area contributed by atoms with E-state index in [4.69, 9.17) is 5.73 Å². The first-order valence-electron chi connectivity index (χ1n) is 9.14. The van der Waals surface area contributed by atoms with E-state index in [9.17, 15) is 18.0 Å². The van der Waals surface area contributed by atoms with Gasteiger partial charge in [0.25, 0.3) is 0 Å². The molecule has 0 aliphatic carbocycles. The second-order valence-corrected chi connectivity index (χ2v) is 7.37. The molecule has 0 bridgehead atoms. The lowest BCUT2D eigenvalue weighted by molar-refractivity contribution is -0.137. The topological polar surface area (TPSA) is 89.4 Å². The quantitative estimate of drug-likeness (QED) is 0.725. The highest BCUT2D eigenvalue weighted by Crippen LogP contribution is 2.31. The number of primary amides is 1. The molecule has 4 rings (SSSR count).